The molecule has 14 aromatic rings. The highest BCUT2D eigenvalue weighted by Crippen LogP contribution is 2.60. The number of ether oxygens (including phenoxy) is 2. The highest BCUT2D eigenvalue weighted by molar-refractivity contribution is 5.92. The number of nitrogens with zero attached hydrogens (tertiary/aromatic N) is 2. The van der Waals surface area contributed by atoms with Crippen molar-refractivity contribution in [2.24, 2.45) is 0 Å². The lowest BCUT2D eigenvalue weighted by Gasteiger charge is -2.35. The van der Waals surface area contributed by atoms with E-state index in [1.807, 2.05) is 240 Å². The van der Waals surface area contributed by atoms with Crippen LogP contribution in [0.3, 0.4) is 0 Å². The van der Waals surface area contributed by atoms with Gasteiger partial charge in [0, 0.05) is 34.9 Å². The van der Waals surface area contributed by atoms with Gasteiger partial charge in [-0.2, -0.15) is 0 Å². The maximum absolute atomic E-state index is 16.7. The van der Waals surface area contributed by atoms with Crippen molar-refractivity contribution in [2.75, 3.05) is 9.80 Å². The van der Waals surface area contributed by atoms with E-state index < -0.39 is 45.7 Å². The Morgan fingerprint density at radius 3 is 0.930 bits per heavy atom. The summed E-state index contributed by atoms with van der Waals surface area (Å²) in [6.45, 7) is 7.71. The van der Waals surface area contributed by atoms with E-state index in [1.54, 1.807) is 48.6 Å². The summed E-state index contributed by atoms with van der Waals surface area (Å²) in [6.07, 6.45) is 3.51. The first-order chi connectivity index (χ1) is 48.9. The quantitative estimate of drug-likeness (QED) is 0.0849. The van der Waals surface area contributed by atoms with Crippen LogP contribution in [0.5, 0.6) is 23.0 Å². The standard InChI is InChI=1S/C90H58F6N2O2/c1-3-57-21-39-73(40-22-57)99-75-43-29-61(30-44-75)89(63-49-65(91)53-66(92)50-63)81-15-7-5-13-77(81)79-47-37-71(55-83(79)89)97(87-19-11-9-17-85(87)95)69-33-25-59(26-34-69)60-27-35-70(36-28-60)98(88-20-12-10-18-86(88)96)72-38-48-80-78-14-6-8-16-82(78)90(84(80)56-72,64-51-67(93)54-68(94)52-64)62-31-45-76(46-32-62)100-74-41-23-58(4-2)24-42-74/h3-56H,1-2H2/t89-,90?/m1/s1. The van der Waals surface area contributed by atoms with Gasteiger partial charge in [0.1, 0.15) is 57.9 Å². The maximum Gasteiger partial charge on any atom is 0.147 e. The van der Waals surface area contributed by atoms with Crippen LogP contribution in [0.1, 0.15) is 55.6 Å². The molecular formula is C90H58F6N2O2. The molecule has 0 fully saturated rings. The van der Waals surface area contributed by atoms with Crippen LogP contribution in [0.25, 0.3) is 45.5 Å². The molecule has 0 heterocycles. The van der Waals surface area contributed by atoms with Crippen LogP contribution in [0, 0.1) is 34.9 Å². The molecule has 2 atom stereocenters. The molecule has 0 aliphatic heterocycles. The Morgan fingerprint density at radius 1 is 0.270 bits per heavy atom. The predicted molar refractivity (Wildman–Crippen MR) is 389 cm³/mol. The fourth-order valence-corrected chi connectivity index (χ4v) is 14.8. The zero-order chi connectivity index (χ0) is 68.2. The Morgan fingerprint density at radius 2 is 0.580 bits per heavy atom. The van der Waals surface area contributed by atoms with Crippen LogP contribution >= 0.6 is 0 Å². The van der Waals surface area contributed by atoms with Gasteiger partial charge in [-0.25, -0.2) is 26.3 Å². The van der Waals surface area contributed by atoms with E-state index in [2.05, 4.69) is 13.2 Å². The van der Waals surface area contributed by atoms with Crippen molar-refractivity contribution >= 4 is 46.3 Å². The molecule has 0 saturated carbocycles. The minimum absolute atomic E-state index is 0.262. The average molecular weight is 1310 g/mol. The van der Waals surface area contributed by atoms with Crippen molar-refractivity contribution in [3.05, 3.63) is 419 Å². The summed E-state index contributed by atoms with van der Waals surface area (Å²) in [5, 5.41) is 0. The SMILES string of the molecule is C=Cc1ccc(Oc2ccc(C3(c4cc(F)cc(F)c4)c4ccccc4-c4ccc(N(c5ccc(-c6ccc(N(c7ccc8c(c7)[C@](c7ccc(Oc9ccc(C=C)cc9)cc7)(c7cc(F)cc(F)c7)c7ccccc7-8)c7ccccc7F)cc6)cc5)c5ccccc5F)cc43)cc2)cc1. The van der Waals surface area contributed by atoms with Crippen LogP contribution < -0.4 is 19.3 Å². The molecule has 0 saturated heterocycles. The van der Waals surface area contributed by atoms with E-state index in [1.165, 1.54) is 36.4 Å². The molecule has 482 valence electrons. The molecule has 1 unspecified atom stereocenters. The number of rotatable bonds is 17. The van der Waals surface area contributed by atoms with Crippen LogP contribution in [-0.4, -0.2) is 0 Å². The zero-order valence-electron chi connectivity index (χ0n) is 53.6. The molecule has 100 heavy (non-hydrogen) atoms. The van der Waals surface area contributed by atoms with E-state index in [9.17, 15) is 0 Å². The van der Waals surface area contributed by atoms with E-state index in [0.717, 1.165) is 90.0 Å². The Balaban J connectivity index is 0.775. The molecule has 0 aromatic heterocycles. The molecule has 16 rings (SSSR count). The van der Waals surface area contributed by atoms with Crippen molar-refractivity contribution < 1.29 is 35.8 Å². The fraction of sp³-hybridized carbons (Fsp3) is 0.0222. The molecule has 2 aliphatic carbocycles. The van der Waals surface area contributed by atoms with Crippen molar-refractivity contribution in [2.45, 2.75) is 10.8 Å². The maximum atomic E-state index is 16.7. The van der Waals surface area contributed by atoms with E-state index in [-0.39, 0.29) is 11.4 Å². The minimum Gasteiger partial charge on any atom is -0.457 e. The summed E-state index contributed by atoms with van der Waals surface area (Å²) in [4.78, 5) is 3.68. The summed E-state index contributed by atoms with van der Waals surface area (Å²) >= 11 is 0. The number of para-hydroxylation sites is 2. The molecule has 2 aliphatic rings. The van der Waals surface area contributed by atoms with Gasteiger partial charge < -0.3 is 19.3 Å². The second-order valence-electron chi connectivity index (χ2n) is 24.8. The number of fused-ring (bicyclic) bond motifs is 6. The molecule has 4 nitrogen and oxygen atoms in total. The lowest BCUT2D eigenvalue weighted by Crippen LogP contribution is -2.29. The van der Waals surface area contributed by atoms with Gasteiger partial charge >= 0.3 is 0 Å². The predicted octanol–water partition coefficient (Wildman–Crippen LogP) is 24.7. The number of hydrogen-bond donors (Lipinski definition) is 0. The molecule has 0 N–H and O–H groups in total. The Hall–Kier alpha value is -12.7. The van der Waals surface area contributed by atoms with E-state index in [0.29, 0.717) is 56.9 Å². The Kier molecular flexibility index (Phi) is 15.8. The zero-order valence-corrected chi connectivity index (χ0v) is 53.6. The highest BCUT2D eigenvalue weighted by Gasteiger charge is 2.49. The third kappa shape index (κ3) is 10.8. The number of hydrogen-bond acceptors (Lipinski definition) is 4. The van der Waals surface area contributed by atoms with Gasteiger partial charge in [0.2, 0.25) is 0 Å². The first-order valence-electron chi connectivity index (χ1n) is 32.6. The summed E-state index contributed by atoms with van der Waals surface area (Å²) < 4.78 is 109. The number of anilines is 6. The van der Waals surface area contributed by atoms with E-state index >= 15 is 26.3 Å². The Bertz CT molecular complexity index is 5110. The topological polar surface area (TPSA) is 24.9 Å². The average Bonchev–Trinajstić information content (AvgIpc) is 1.54. The summed E-state index contributed by atoms with van der Waals surface area (Å²) in [7, 11) is 0. The second kappa shape index (κ2) is 25.4. The van der Waals surface area contributed by atoms with Gasteiger partial charge in [0.25, 0.3) is 0 Å². The summed E-state index contributed by atoms with van der Waals surface area (Å²) in [5.41, 5.74) is 12.5. The van der Waals surface area contributed by atoms with Crippen LogP contribution in [0.4, 0.5) is 60.5 Å². The van der Waals surface area contributed by atoms with Gasteiger partial charge in [-0.3, -0.25) is 0 Å². The lowest BCUT2D eigenvalue weighted by molar-refractivity contribution is 0.482. The Labute approximate surface area is 575 Å². The minimum atomic E-state index is -1.28. The summed E-state index contributed by atoms with van der Waals surface area (Å²) in [5.74, 6) is -1.56. The van der Waals surface area contributed by atoms with Crippen molar-refractivity contribution in [1.82, 2.24) is 0 Å². The highest BCUT2D eigenvalue weighted by atomic mass is 19.2. The number of benzene rings is 14. The fourth-order valence-electron chi connectivity index (χ4n) is 14.8. The second-order valence-corrected chi connectivity index (χ2v) is 24.8. The van der Waals surface area contributed by atoms with Crippen molar-refractivity contribution in [3.63, 3.8) is 0 Å². The van der Waals surface area contributed by atoms with Crippen LogP contribution in [-0.2, 0) is 10.8 Å². The molecule has 10 heteroatoms. The molecule has 0 spiro atoms. The molecule has 0 amide bonds. The molecule has 14 aromatic carbocycles. The smallest absolute Gasteiger partial charge is 0.147 e. The van der Waals surface area contributed by atoms with Gasteiger partial charge in [-0.05, 0) is 235 Å². The molecule has 0 bridgehead atoms. The van der Waals surface area contributed by atoms with Gasteiger partial charge in [0.05, 0.1) is 22.2 Å². The monoisotopic (exact) mass is 1310 g/mol. The van der Waals surface area contributed by atoms with E-state index in [4.69, 9.17) is 9.47 Å². The van der Waals surface area contributed by atoms with Crippen molar-refractivity contribution in [3.8, 4) is 56.4 Å². The molecule has 0 radical (unpaired) electrons. The first kappa shape index (κ1) is 62.2. The van der Waals surface area contributed by atoms with Crippen LogP contribution in [0.2, 0.25) is 0 Å². The first-order valence-corrected chi connectivity index (χ1v) is 32.6. The van der Waals surface area contributed by atoms with Crippen molar-refractivity contribution in [1.29, 1.82) is 0 Å². The van der Waals surface area contributed by atoms with Gasteiger partial charge in [-0.15, -0.1) is 0 Å². The number of halogens is 6. The van der Waals surface area contributed by atoms with Gasteiger partial charge in [0.15, 0.2) is 0 Å². The van der Waals surface area contributed by atoms with Gasteiger partial charge in [-0.1, -0.05) is 183 Å². The lowest BCUT2D eigenvalue weighted by atomic mass is 9.67. The molecular weight excluding hydrogens is 1250 g/mol. The third-order valence-electron chi connectivity index (χ3n) is 19.2. The third-order valence-corrected chi connectivity index (χ3v) is 19.2. The van der Waals surface area contributed by atoms with Crippen LogP contribution in [0.15, 0.2) is 329 Å². The normalized spacial score (nSPS) is 14.7. The summed E-state index contributed by atoms with van der Waals surface area (Å²) in [6, 6.07) is 93.6. The largest absolute Gasteiger partial charge is 0.457 e.